The number of hydrogen-bond donors (Lipinski definition) is 1. The van der Waals surface area contributed by atoms with E-state index in [1.54, 1.807) is 30.3 Å². The van der Waals surface area contributed by atoms with Crippen LogP contribution >= 0.6 is 0 Å². The van der Waals surface area contributed by atoms with Gasteiger partial charge in [-0.15, -0.1) is 0 Å². The Balaban J connectivity index is 2.87. The van der Waals surface area contributed by atoms with Crippen LogP contribution < -0.4 is 5.32 Å². The first-order valence-electron chi connectivity index (χ1n) is 5.53. The number of aromatic nitrogens is 1. The molecule has 0 aliphatic rings. The summed E-state index contributed by atoms with van der Waals surface area (Å²) < 4.78 is 0. The van der Waals surface area contributed by atoms with Crippen molar-refractivity contribution < 1.29 is 4.79 Å². The predicted molar refractivity (Wildman–Crippen MR) is 65.6 cm³/mol. The summed E-state index contributed by atoms with van der Waals surface area (Å²) in [6.45, 7) is 6.77. The van der Waals surface area contributed by atoms with Crippen LogP contribution in [0, 0.1) is 0 Å². The van der Waals surface area contributed by atoms with Crippen molar-refractivity contribution in [3.8, 4) is 0 Å². The van der Waals surface area contributed by atoms with Crippen LogP contribution in [0.15, 0.2) is 18.3 Å². The first-order valence-corrected chi connectivity index (χ1v) is 5.53. The number of nitrogens with zero attached hydrogens (tertiary/aromatic N) is 2. The second-order valence-corrected chi connectivity index (χ2v) is 3.97. The maximum atomic E-state index is 12.0. The maximum absolute atomic E-state index is 12.0. The fourth-order valence-electron chi connectivity index (χ4n) is 1.28. The molecular weight excluding hydrogens is 202 g/mol. The number of anilines is 1. The molecule has 1 N–H and O–H groups in total. The van der Waals surface area contributed by atoms with Crippen molar-refractivity contribution in [1.82, 2.24) is 9.88 Å². The lowest BCUT2D eigenvalue weighted by atomic mass is 10.2. The number of rotatable bonds is 4. The number of carbonyl (C=O) groups is 1. The highest BCUT2D eigenvalue weighted by Gasteiger charge is 2.14. The summed E-state index contributed by atoms with van der Waals surface area (Å²) in [4.78, 5) is 17.9. The van der Waals surface area contributed by atoms with Gasteiger partial charge in [0.2, 0.25) is 0 Å². The van der Waals surface area contributed by atoms with Gasteiger partial charge in [-0.3, -0.25) is 4.79 Å². The third kappa shape index (κ3) is 2.95. The van der Waals surface area contributed by atoms with E-state index in [2.05, 4.69) is 10.3 Å². The molecule has 0 aromatic carbocycles. The van der Waals surface area contributed by atoms with Crippen LogP contribution in [-0.4, -0.2) is 35.4 Å². The summed E-state index contributed by atoms with van der Waals surface area (Å²) in [5.41, 5.74) is 0.669. The Hall–Kier alpha value is -1.58. The monoisotopic (exact) mass is 221 g/mol. The molecule has 0 bridgehead atoms. The zero-order chi connectivity index (χ0) is 12.1. The van der Waals surface area contributed by atoms with Gasteiger partial charge in [0, 0.05) is 31.4 Å². The summed E-state index contributed by atoms with van der Waals surface area (Å²) in [5, 5.41) is 3.09. The van der Waals surface area contributed by atoms with Crippen LogP contribution in [-0.2, 0) is 0 Å². The van der Waals surface area contributed by atoms with Crippen LogP contribution in [0.5, 0.6) is 0 Å². The molecule has 4 nitrogen and oxygen atoms in total. The van der Waals surface area contributed by atoms with Gasteiger partial charge in [0.15, 0.2) is 0 Å². The number of amides is 1. The quantitative estimate of drug-likeness (QED) is 0.845. The normalized spacial score (nSPS) is 10.3. The maximum Gasteiger partial charge on any atom is 0.254 e. The van der Waals surface area contributed by atoms with E-state index < -0.39 is 0 Å². The predicted octanol–water partition coefficient (Wildman–Crippen LogP) is 1.99. The fourth-order valence-corrected chi connectivity index (χ4v) is 1.28. The second kappa shape index (κ2) is 5.49. The van der Waals surface area contributed by atoms with Crippen molar-refractivity contribution in [2.75, 3.05) is 18.9 Å². The van der Waals surface area contributed by atoms with Gasteiger partial charge < -0.3 is 10.2 Å². The van der Waals surface area contributed by atoms with E-state index in [-0.39, 0.29) is 11.9 Å². The number of pyridine rings is 1. The number of carbonyl (C=O) groups excluding carboxylic acids is 1. The molecule has 16 heavy (non-hydrogen) atoms. The zero-order valence-corrected chi connectivity index (χ0v) is 10.3. The lowest BCUT2D eigenvalue weighted by molar-refractivity contribution is 0.0755. The topological polar surface area (TPSA) is 45.2 Å². The smallest absolute Gasteiger partial charge is 0.254 e. The molecule has 0 saturated carbocycles. The molecule has 0 aliphatic heterocycles. The summed E-state index contributed by atoms with van der Waals surface area (Å²) in [5.74, 6) is 0.766. The largest absolute Gasteiger partial charge is 0.370 e. The molecule has 88 valence electrons. The highest BCUT2D eigenvalue weighted by molar-refractivity contribution is 5.94. The molecule has 0 fully saturated rings. The van der Waals surface area contributed by atoms with Gasteiger partial charge in [-0.1, -0.05) is 0 Å². The molecule has 0 radical (unpaired) electrons. The lowest BCUT2D eigenvalue weighted by Gasteiger charge is -2.21. The van der Waals surface area contributed by atoms with E-state index in [0.29, 0.717) is 5.56 Å². The van der Waals surface area contributed by atoms with E-state index >= 15 is 0 Å². The van der Waals surface area contributed by atoms with Gasteiger partial charge in [0.05, 0.1) is 0 Å². The van der Waals surface area contributed by atoms with Gasteiger partial charge in [-0.25, -0.2) is 4.98 Å². The Labute approximate surface area is 96.7 Å². The fraction of sp³-hybridized carbons (Fsp3) is 0.500. The van der Waals surface area contributed by atoms with E-state index in [0.717, 1.165) is 12.4 Å². The van der Waals surface area contributed by atoms with Crippen molar-refractivity contribution in [3.05, 3.63) is 23.9 Å². The summed E-state index contributed by atoms with van der Waals surface area (Å²) >= 11 is 0. The van der Waals surface area contributed by atoms with E-state index in [4.69, 9.17) is 0 Å². The third-order valence-electron chi connectivity index (χ3n) is 2.46. The summed E-state index contributed by atoms with van der Waals surface area (Å²) in [7, 11) is 1.81. The van der Waals surface area contributed by atoms with Crippen LogP contribution in [0.3, 0.4) is 0 Å². The van der Waals surface area contributed by atoms with Crippen molar-refractivity contribution in [2.45, 2.75) is 26.8 Å². The average Bonchev–Trinajstić information content (AvgIpc) is 2.28. The molecule has 1 aromatic heterocycles. The summed E-state index contributed by atoms with van der Waals surface area (Å²) in [6.07, 6.45) is 1.65. The van der Waals surface area contributed by atoms with Crippen molar-refractivity contribution in [3.63, 3.8) is 0 Å². The molecule has 0 atom stereocenters. The van der Waals surface area contributed by atoms with E-state index in [9.17, 15) is 4.79 Å². The molecule has 0 aliphatic carbocycles. The molecule has 4 heteroatoms. The molecule has 0 spiro atoms. The molecule has 1 amide bonds. The average molecular weight is 221 g/mol. The van der Waals surface area contributed by atoms with Gasteiger partial charge in [-0.2, -0.15) is 0 Å². The second-order valence-electron chi connectivity index (χ2n) is 3.97. The number of nitrogens with one attached hydrogen (secondary N) is 1. The van der Waals surface area contributed by atoms with Crippen molar-refractivity contribution in [2.24, 2.45) is 0 Å². The SMILES string of the molecule is CCNc1cc(C(=O)N(C)C(C)C)ccn1. The van der Waals surface area contributed by atoms with Gasteiger partial charge in [0.1, 0.15) is 5.82 Å². The Bertz CT molecular complexity index is 363. The van der Waals surface area contributed by atoms with Gasteiger partial charge in [-0.05, 0) is 32.9 Å². The molecule has 0 unspecified atom stereocenters. The Morgan fingerprint density at radius 1 is 1.56 bits per heavy atom. The molecule has 0 saturated heterocycles. The van der Waals surface area contributed by atoms with E-state index in [1.807, 2.05) is 20.8 Å². The minimum Gasteiger partial charge on any atom is -0.370 e. The van der Waals surface area contributed by atoms with Crippen LogP contribution in [0.1, 0.15) is 31.1 Å². The molecule has 1 rings (SSSR count). The molecule has 1 aromatic rings. The molecule has 1 heterocycles. The first-order chi connectivity index (χ1) is 7.56. The Morgan fingerprint density at radius 3 is 2.81 bits per heavy atom. The van der Waals surface area contributed by atoms with Crippen molar-refractivity contribution >= 4 is 11.7 Å². The van der Waals surface area contributed by atoms with Crippen molar-refractivity contribution in [1.29, 1.82) is 0 Å². The van der Waals surface area contributed by atoms with E-state index in [1.165, 1.54) is 0 Å². The highest BCUT2D eigenvalue weighted by Crippen LogP contribution is 2.10. The molecular formula is C12H19N3O. The van der Waals surface area contributed by atoms with Crippen LogP contribution in [0.4, 0.5) is 5.82 Å². The lowest BCUT2D eigenvalue weighted by Crippen LogP contribution is -2.33. The minimum atomic E-state index is 0.0246. The summed E-state index contributed by atoms with van der Waals surface area (Å²) in [6, 6.07) is 3.72. The number of hydrogen-bond acceptors (Lipinski definition) is 3. The highest BCUT2D eigenvalue weighted by atomic mass is 16.2. The Morgan fingerprint density at radius 2 is 2.25 bits per heavy atom. The zero-order valence-electron chi connectivity index (χ0n) is 10.3. The van der Waals surface area contributed by atoms with Gasteiger partial charge in [0.25, 0.3) is 5.91 Å². The Kier molecular flexibility index (Phi) is 4.28. The third-order valence-corrected chi connectivity index (χ3v) is 2.46. The first kappa shape index (κ1) is 12.5. The standard InChI is InChI=1S/C12H19N3O/c1-5-13-11-8-10(6-7-14-11)12(16)15(4)9(2)3/h6-9H,5H2,1-4H3,(H,13,14). The van der Waals surface area contributed by atoms with Crippen LogP contribution in [0.2, 0.25) is 0 Å². The van der Waals surface area contributed by atoms with Gasteiger partial charge >= 0.3 is 0 Å². The minimum absolute atomic E-state index is 0.0246. The van der Waals surface area contributed by atoms with Crippen LogP contribution in [0.25, 0.3) is 0 Å².